The Morgan fingerprint density at radius 2 is 1.76 bits per heavy atom. The van der Waals surface area contributed by atoms with E-state index < -0.39 is 35.7 Å². The molecule has 0 radical (unpaired) electrons. The Hall–Kier alpha value is -3.56. The van der Waals surface area contributed by atoms with Crippen molar-refractivity contribution in [3.63, 3.8) is 0 Å². The second-order valence-corrected chi connectivity index (χ2v) is 5.63. The molecule has 0 saturated carbocycles. The van der Waals surface area contributed by atoms with E-state index in [9.17, 15) is 22.8 Å². The molecule has 0 aliphatic heterocycles. The van der Waals surface area contributed by atoms with Crippen LogP contribution in [0.4, 0.5) is 13.2 Å². The number of nitrogens with zero attached hydrogens (tertiary/aromatic N) is 1. The van der Waals surface area contributed by atoms with Gasteiger partial charge in [0.1, 0.15) is 0 Å². The summed E-state index contributed by atoms with van der Waals surface area (Å²) in [5.74, 6) is -0.731. The first-order valence-electron chi connectivity index (χ1n) is 8.24. The van der Waals surface area contributed by atoms with Crippen molar-refractivity contribution in [1.29, 1.82) is 0 Å². The number of rotatable bonds is 7. The number of amides is 2. The van der Waals surface area contributed by atoms with Crippen LogP contribution in [0.25, 0.3) is 0 Å². The van der Waals surface area contributed by atoms with Gasteiger partial charge in [0.25, 0.3) is 11.8 Å². The van der Waals surface area contributed by atoms with E-state index >= 15 is 0 Å². The molecule has 7 nitrogen and oxygen atoms in total. The van der Waals surface area contributed by atoms with Crippen LogP contribution in [0.1, 0.15) is 21.5 Å². The van der Waals surface area contributed by atoms with E-state index in [0.717, 1.165) is 12.1 Å². The van der Waals surface area contributed by atoms with Gasteiger partial charge in [0.2, 0.25) is 0 Å². The minimum Gasteiger partial charge on any atom is -0.493 e. The number of hydrogen-bond donors (Lipinski definition) is 2. The van der Waals surface area contributed by atoms with E-state index in [1.54, 1.807) is 18.2 Å². The SMILES string of the molecule is COc1ccc(/C=N\NC(=O)CNC(=O)c2ccccc2C(F)(F)F)cc1OC. The highest BCUT2D eigenvalue weighted by Gasteiger charge is 2.34. The topological polar surface area (TPSA) is 89.0 Å². The number of hydrazone groups is 1. The zero-order valence-electron chi connectivity index (χ0n) is 15.5. The molecule has 0 aliphatic rings. The third-order valence-corrected chi connectivity index (χ3v) is 3.70. The van der Waals surface area contributed by atoms with Crippen LogP contribution >= 0.6 is 0 Å². The van der Waals surface area contributed by atoms with Gasteiger partial charge < -0.3 is 14.8 Å². The molecule has 0 aromatic heterocycles. The largest absolute Gasteiger partial charge is 0.493 e. The van der Waals surface area contributed by atoms with Crippen LogP contribution in [-0.4, -0.2) is 38.8 Å². The number of nitrogens with one attached hydrogen (secondary N) is 2. The summed E-state index contributed by atoms with van der Waals surface area (Å²) < 4.78 is 49.1. The number of halogens is 3. The lowest BCUT2D eigenvalue weighted by Crippen LogP contribution is -2.35. The number of carbonyl (C=O) groups excluding carboxylic acids is 2. The van der Waals surface area contributed by atoms with Gasteiger partial charge in [-0.05, 0) is 35.9 Å². The second-order valence-electron chi connectivity index (χ2n) is 5.63. The molecule has 0 unspecified atom stereocenters. The molecule has 0 aliphatic carbocycles. The molecule has 0 heterocycles. The summed E-state index contributed by atoms with van der Waals surface area (Å²) in [7, 11) is 2.97. The number of alkyl halides is 3. The molecule has 29 heavy (non-hydrogen) atoms. The van der Waals surface area contributed by atoms with Crippen molar-refractivity contribution in [2.45, 2.75) is 6.18 Å². The fourth-order valence-electron chi connectivity index (χ4n) is 2.34. The van der Waals surface area contributed by atoms with Crippen LogP contribution in [-0.2, 0) is 11.0 Å². The Bertz CT molecular complexity index is 914. The molecule has 2 rings (SSSR count). The van der Waals surface area contributed by atoms with E-state index in [0.29, 0.717) is 17.1 Å². The standard InChI is InChI=1S/C19H18F3N3O4/c1-28-15-8-7-12(9-16(15)29-2)10-24-25-17(26)11-23-18(27)13-5-3-4-6-14(13)19(20,21)22/h3-10H,11H2,1-2H3,(H,23,27)(H,25,26)/b24-10-. The highest BCUT2D eigenvalue weighted by molar-refractivity contribution is 5.98. The maximum Gasteiger partial charge on any atom is 0.417 e. The van der Waals surface area contributed by atoms with E-state index in [-0.39, 0.29) is 0 Å². The molecule has 0 spiro atoms. The van der Waals surface area contributed by atoms with Crippen LogP contribution in [0.3, 0.4) is 0 Å². The first-order chi connectivity index (χ1) is 13.8. The molecule has 0 atom stereocenters. The Balaban J connectivity index is 1.92. The summed E-state index contributed by atoms with van der Waals surface area (Å²) in [4.78, 5) is 23.8. The lowest BCUT2D eigenvalue weighted by molar-refractivity contribution is -0.137. The van der Waals surface area contributed by atoms with E-state index in [1.165, 1.54) is 32.6 Å². The molecule has 2 aromatic carbocycles. The Morgan fingerprint density at radius 1 is 1.07 bits per heavy atom. The molecule has 0 saturated heterocycles. The first-order valence-corrected chi connectivity index (χ1v) is 8.24. The summed E-state index contributed by atoms with van der Waals surface area (Å²) >= 11 is 0. The lowest BCUT2D eigenvalue weighted by atomic mass is 10.1. The third-order valence-electron chi connectivity index (χ3n) is 3.70. The van der Waals surface area contributed by atoms with Crippen molar-refractivity contribution >= 4 is 18.0 Å². The molecule has 2 amide bonds. The van der Waals surface area contributed by atoms with Crippen molar-refractivity contribution in [2.24, 2.45) is 5.10 Å². The quantitative estimate of drug-likeness (QED) is 0.544. The molecule has 2 aromatic rings. The number of methoxy groups -OCH3 is 2. The first kappa shape index (κ1) is 21.7. The maximum absolute atomic E-state index is 12.9. The van der Waals surface area contributed by atoms with Crippen LogP contribution in [0.15, 0.2) is 47.6 Å². The predicted molar refractivity (Wildman–Crippen MR) is 99.1 cm³/mol. The normalized spacial score (nSPS) is 11.2. The summed E-state index contributed by atoms with van der Waals surface area (Å²) in [6.07, 6.45) is -3.35. The maximum atomic E-state index is 12.9. The van der Waals surface area contributed by atoms with Gasteiger partial charge in [0.05, 0.1) is 38.1 Å². The predicted octanol–water partition coefficient (Wildman–Crippen LogP) is 2.60. The van der Waals surface area contributed by atoms with Crippen LogP contribution < -0.4 is 20.2 Å². The lowest BCUT2D eigenvalue weighted by Gasteiger charge is -2.12. The highest BCUT2D eigenvalue weighted by atomic mass is 19.4. The van der Waals surface area contributed by atoms with Crippen molar-refractivity contribution in [1.82, 2.24) is 10.7 Å². The molecular weight excluding hydrogens is 391 g/mol. The third kappa shape index (κ3) is 5.96. The minimum absolute atomic E-state index is 0.471. The number of ether oxygens (including phenoxy) is 2. The smallest absolute Gasteiger partial charge is 0.417 e. The number of carbonyl (C=O) groups is 2. The monoisotopic (exact) mass is 409 g/mol. The van der Waals surface area contributed by atoms with Gasteiger partial charge in [-0.15, -0.1) is 0 Å². The van der Waals surface area contributed by atoms with Gasteiger partial charge in [-0.3, -0.25) is 9.59 Å². The van der Waals surface area contributed by atoms with Crippen molar-refractivity contribution < 1.29 is 32.2 Å². The van der Waals surface area contributed by atoms with Gasteiger partial charge in [-0.25, -0.2) is 5.43 Å². The summed E-state index contributed by atoms with van der Waals surface area (Å²) in [5, 5.41) is 5.86. The van der Waals surface area contributed by atoms with Crippen molar-refractivity contribution in [2.75, 3.05) is 20.8 Å². The molecular formula is C19H18F3N3O4. The van der Waals surface area contributed by atoms with Gasteiger partial charge in [-0.2, -0.15) is 18.3 Å². The van der Waals surface area contributed by atoms with Crippen LogP contribution in [0.2, 0.25) is 0 Å². The number of benzene rings is 2. The van der Waals surface area contributed by atoms with Gasteiger partial charge in [0.15, 0.2) is 11.5 Å². The summed E-state index contributed by atoms with van der Waals surface area (Å²) in [6, 6.07) is 9.26. The molecule has 10 heteroatoms. The summed E-state index contributed by atoms with van der Waals surface area (Å²) in [5.41, 5.74) is 1.13. The molecule has 0 fully saturated rings. The Kier molecular flexibility index (Phi) is 7.18. The zero-order chi connectivity index (χ0) is 21.4. The fourth-order valence-corrected chi connectivity index (χ4v) is 2.34. The fraction of sp³-hybridized carbons (Fsp3) is 0.211. The number of hydrogen-bond acceptors (Lipinski definition) is 5. The van der Waals surface area contributed by atoms with Crippen LogP contribution in [0.5, 0.6) is 11.5 Å². The molecule has 0 bridgehead atoms. The molecule has 2 N–H and O–H groups in total. The van der Waals surface area contributed by atoms with Gasteiger partial charge >= 0.3 is 6.18 Å². The highest BCUT2D eigenvalue weighted by Crippen LogP contribution is 2.31. The van der Waals surface area contributed by atoms with Crippen molar-refractivity contribution in [3.8, 4) is 11.5 Å². The second kappa shape index (κ2) is 9.58. The summed E-state index contributed by atoms with van der Waals surface area (Å²) in [6.45, 7) is -0.547. The average molecular weight is 409 g/mol. The minimum atomic E-state index is -4.68. The zero-order valence-corrected chi connectivity index (χ0v) is 15.5. The van der Waals surface area contributed by atoms with Gasteiger partial charge in [-0.1, -0.05) is 12.1 Å². The van der Waals surface area contributed by atoms with Crippen LogP contribution in [0, 0.1) is 0 Å². The molecule has 154 valence electrons. The Morgan fingerprint density at radius 3 is 2.41 bits per heavy atom. The average Bonchev–Trinajstić information content (AvgIpc) is 2.71. The van der Waals surface area contributed by atoms with E-state index in [2.05, 4.69) is 15.8 Å². The van der Waals surface area contributed by atoms with Crippen molar-refractivity contribution in [3.05, 3.63) is 59.2 Å². The van der Waals surface area contributed by atoms with E-state index in [1.807, 2.05) is 0 Å². The Labute approximate surface area is 164 Å². The van der Waals surface area contributed by atoms with E-state index in [4.69, 9.17) is 9.47 Å². The van der Waals surface area contributed by atoms with Gasteiger partial charge in [0, 0.05) is 0 Å².